The number of halogens is 2. The largest absolute Gasteiger partial charge is 0.482 e. The van der Waals surface area contributed by atoms with Gasteiger partial charge in [0.25, 0.3) is 5.91 Å². The van der Waals surface area contributed by atoms with Crippen LogP contribution in [0.4, 0.5) is 0 Å². The molecule has 0 aromatic heterocycles. The van der Waals surface area contributed by atoms with Crippen LogP contribution in [0.5, 0.6) is 5.75 Å². The molecule has 4 nitrogen and oxygen atoms in total. The molecule has 1 aromatic rings. The monoisotopic (exact) mass is 302 g/mol. The molecular weight excluding hydrogens is 287 g/mol. The molecule has 1 aliphatic rings. The predicted octanol–water partition coefficient (Wildman–Crippen LogP) is 2.18. The van der Waals surface area contributed by atoms with Gasteiger partial charge in [0.2, 0.25) is 0 Å². The Balaban J connectivity index is 1.88. The Morgan fingerprint density at radius 3 is 2.95 bits per heavy atom. The molecule has 104 valence electrons. The van der Waals surface area contributed by atoms with Crippen LogP contribution in [0.3, 0.4) is 0 Å². The quantitative estimate of drug-likeness (QED) is 0.927. The second kappa shape index (κ2) is 6.46. The Kier molecular flexibility index (Phi) is 4.91. The summed E-state index contributed by atoms with van der Waals surface area (Å²) >= 11 is 11.8. The highest BCUT2D eigenvalue weighted by molar-refractivity contribution is 6.34. The first-order valence-electron chi connectivity index (χ1n) is 6.16. The van der Waals surface area contributed by atoms with Gasteiger partial charge < -0.3 is 15.4 Å². The molecule has 1 fully saturated rings. The standard InChI is InChI=1S/C13H16Cl2N2O2/c14-10-1-2-11(15)12(5-10)19-8-13(18)17-4-3-9(6-16)7-17/h1-2,5,9H,3-4,6-8,16H2/t9-/m1/s1. The van der Waals surface area contributed by atoms with Gasteiger partial charge in [-0.15, -0.1) is 0 Å². The number of hydrogen-bond donors (Lipinski definition) is 1. The van der Waals surface area contributed by atoms with E-state index in [4.69, 9.17) is 33.7 Å². The second-order valence-electron chi connectivity index (χ2n) is 4.59. The van der Waals surface area contributed by atoms with Gasteiger partial charge in [-0.2, -0.15) is 0 Å². The van der Waals surface area contributed by atoms with E-state index in [1.165, 1.54) is 0 Å². The van der Waals surface area contributed by atoms with E-state index in [1.807, 2.05) is 0 Å². The number of rotatable bonds is 4. The van der Waals surface area contributed by atoms with E-state index in [1.54, 1.807) is 23.1 Å². The Labute approximate surface area is 122 Å². The first-order chi connectivity index (χ1) is 9.10. The van der Waals surface area contributed by atoms with Crippen LogP contribution in [-0.4, -0.2) is 37.0 Å². The molecular formula is C13H16Cl2N2O2. The van der Waals surface area contributed by atoms with Gasteiger partial charge in [0.15, 0.2) is 6.61 Å². The van der Waals surface area contributed by atoms with Gasteiger partial charge in [-0.25, -0.2) is 0 Å². The Morgan fingerprint density at radius 1 is 1.47 bits per heavy atom. The molecule has 0 aliphatic carbocycles. The molecule has 0 bridgehead atoms. The third-order valence-electron chi connectivity index (χ3n) is 3.22. The topological polar surface area (TPSA) is 55.6 Å². The van der Waals surface area contributed by atoms with Gasteiger partial charge in [0, 0.05) is 24.2 Å². The molecule has 0 unspecified atom stereocenters. The average Bonchev–Trinajstić information content (AvgIpc) is 2.88. The van der Waals surface area contributed by atoms with Gasteiger partial charge in [-0.05, 0) is 31.0 Å². The number of benzene rings is 1. The number of hydrogen-bond acceptors (Lipinski definition) is 3. The van der Waals surface area contributed by atoms with Crippen LogP contribution in [0, 0.1) is 5.92 Å². The number of nitrogens with zero attached hydrogens (tertiary/aromatic N) is 1. The van der Waals surface area contributed by atoms with Gasteiger partial charge in [-0.3, -0.25) is 4.79 Å². The fraction of sp³-hybridized carbons (Fsp3) is 0.462. The van der Waals surface area contributed by atoms with Gasteiger partial charge in [0.05, 0.1) is 5.02 Å². The lowest BCUT2D eigenvalue weighted by Crippen LogP contribution is -2.33. The molecule has 1 saturated heterocycles. The highest BCUT2D eigenvalue weighted by Gasteiger charge is 2.25. The normalized spacial score (nSPS) is 18.7. The minimum absolute atomic E-state index is 0.0304. The van der Waals surface area contributed by atoms with E-state index in [0.717, 1.165) is 13.0 Å². The summed E-state index contributed by atoms with van der Waals surface area (Å²) in [4.78, 5) is 13.7. The SMILES string of the molecule is NC[C@H]1CCN(C(=O)COc2cc(Cl)ccc2Cl)C1. The molecule has 6 heteroatoms. The summed E-state index contributed by atoms with van der Waals surface area (Å²) in [6.07, 6.45) is 0.958. The van der Waals surface area contributed by atoms with Crippen molar-refractivity contribution >= 4 is 29.1 Å². The molecule has 2 N–H and O–H groups in total. The first-order valence-corrected chi connectivity index (χ1v) is 6.91. The summed E-state index contributed by atoms with van der Waals surface area (Å²) in [6.45, 7) is 2.04. The maximum Gasteiger partial charge on any atom is 0.260 e. The van der Waals surface area contributed by atoms with Gasteiger partial charge >= 0.3 is 0 Å². The molecule has 19 heavy (non-hydrogen) atoms. The Bertz CT molecular complexity index is 468. The summed E-state index contributed by atoms with van der Waals surface area (Å²) < 4.78 is 5.42. The first kappa shape index (κ1) is 14.4. The van der Waals surface area contributed by atoms with Crippen molar-refractivity contribution in [1.82, 2.24) is 4.90 Å². The van der Waals surface area contributed by atoms with Crippen molar-refractivity contribution in [2.75, 3.05) is 26.2 Å². The highest BCUT2D eigenvalue weighted by Crippen LogP contribution is 2.27. The molecule has 1 aliphatic heterocycles. The molecule has 0 saturated carbocycles. The lowest BCUT2D eigenvalue weighted by atomic mass is 10.1. The minimum atomic E-state index is -0.0491. The van der Waals surface area contributed by atoms with Crippen molar-refractivity contribution < 1.29 is 9.53 Å². The van der Waals surface area contributed by atoms with Crippen LogP contribution in [0.1, 0.15) is 6.42 Å². The maximum atomic E-state index is 12.0. The van der Waals surface area contributed by atoms with Crippen molar-refractivity contribution in [1.29, 1.82) is 0 Å². The number of carbonyl (C=O) groups is 1. The molecule has 1 atom stereocenters. The van der Waals surface area contributed by atoms with E-state index < -0.39 is 0 Å². The molecule has 2 rings (SSSR count). The third-order valence-corrected chi connectivity index (χ3v) is 3.76. The number of ether oxygens (including phenoxy) is 1. The summed E-state index contributed by atoms with van der Waals surface area (Å²) in [7, 11) is 0. The summed E-state index contributed by atoms with van der Waals surface area (Å²) in [6, 6.07) is 4.92. The van der Waals surface area contributed by atoms with Crippen LogP contribution in [-0.2, 0) is 4.79 Å². The molecule has 0 radical (unpaired) electrons. The number of carbonyl (C=O) groups excluding carboxylic acids is 1. The number of likely N-dealkylation sites (tertiary alicyclic amines) is 1. The van der Waals surface area contributed by atoms with E-state index in [-0.39, 0.29) is 12.5 Å². The third kappa shape index (κ3) is 3.75. The van der Waals surface area contributed by atoms with Crippen molar-refractivity contribution in [3.63, 3.8) is 0 Å². The molecule has 1 heterocycles. The van der Waals surface area contributed by atoms with E-state index >= 15 is 0 Å². The zero-order chi connectivity index (χ0) is 13.8. The van der Waals surface area contributed by atoms with Crippen LogP contribution >= 0.6 is 23.2 Å². The second-order valence-corrected chi connectivity index (χ2v) is 5.44. The minimum Gasteiger partial charge on any atom is -0.482 e. The summed E-state index contributed by atoms with van der Waals surface area (Å²) in [5.41, 5.74) is 5.60. The average molecular weight is 303 g/mol. The van der Waals surface area contributed by atoms with Crippen molar-refractivity contribution in [3.05, 3.63) is 28.2 Å². The van der Waals surface area contributed by atoms with Crippen LogP contribution in [0.2, 0.25) is 10.0 Å². The molecule has 1 amide bonds. The maximum absolute atomic E-state index is 12.0. The van der Waals surface area contributed by atoms with Crippen LogP contribution in [0.15, 0.2) is 18.2 Å². The highest BCUT2D eigenvalue weighted by atomic mass is 35.5. The predicted molar refractivity (Wildman–Crippen MR) is 75.7 cm³/mol. The fourth-order valence-corrected chi connectivity index (χ4v) is 2.40. The van der Waals surface area contributed by atoms with E-state index in [2.05, 4.69) is 0 Å². The van der Waals surface area contributed by atoms with Crippen molar-refractivity contribution in [3.8, 4) is 5.75 Å². The van der Waals surface area contributed by atoms with E-state index in [9.17, 15) is 4.79 Å². The Morgan fingerprint density at radius 2 is 2.26 bits per heavy atom. The number of amides is 1. The Hall–Kier alpha value is -0.970. The molecule has 1 aromatic carbocycles. The van der Waals surface area contributed by atoms with E-state index in [0.29, 0.717) is 34.8 Å². The smallest absolute Gasteiger partial charge is 0.260 e. The fourth-order valence-electron chi connectivity index (χ4n) is 2.07. The zero-order valence-corrected chi connectivity index (χ0v) is 12.0. The van der Waals surface area contributed by atoms with Gasteiger partial charge in [0.1, 0.15) is 5.75 Å². The lowest BCUT2D eigenvalue weighted by Gasteiger charge is -2.17. The van der Waals surface area contributed by atoms with Crippen molar-refractivity contribution in [2.45, 2.75) is 6.42 Å². The van der Waals surface area contributed by atoms with Gasteiger partial charge in [-0.1, -0.05) is 23.2 Å². The zero-order valence-electron chi connectivity index (χ0n) is 10.4. The summed E-state index contributed by atoms with van der Waals surface area (Å²) in [5, 5.41) is 0.967. The van der Waals surface area contributed by atoms with Crippen LogP contribution < -0.4 is 10.5 Å². The van der Waals surface area contributed by atoms with Crippen molar-refractivity contribution in [2.24, 2.45) is 11.7 Å². The molecule has 0 spiro atoms. The van der Waals surface area contributed by atoms with Crippen LogP contribution in [0.25, 0.3) is 0 Å². The summed E-state index contributed by atoms with van der Waals surface area (Å²) in [5.74, 6) is 0.780. The lowest BCUT2D eigenvalue weighted by molar-refractivity contribution is -0.132. The number of nitrogens with two attached hydrogens (primary N) is 1.